The minimum absolute atomic E-state index is 0.156. The van der Waals surface area contributed by atoms with Gasteiger partial charge in [0.1, 0.15) is 0 Å². The van der Waals surface area contributed by atoms with E-state index < -0.39 is 18.0 Å². The van der Waals surface area contributed by atoms with E-state index in [1.54, 1.807) is 11.3 Å². The molecule has 1 aromatic rings. The lowest BCUT2D eigenvalue weighted by Gasteiger charge is -2.32. The Morgan fingerprint density at radius 1 is 1.50 bits per heavy atom. The van der Waals surface area contributed by atoms with Crippen molar-refractivity contribution in [3.63, 3.8) is 0 Å². The van der Waals surface area contributed by atoms with Crippen molar-refractivity contribution in [2.45, 2.75) is 38.7 Å². The molecule has 0 radical (unpaired) electrons. The minimum Gasteiger partial charge on any atom is -0.481 e. The number of thiophene rings is 1. The van der Waals surface area contributed by atoms with Gasteiger partial charge in [0, 0.05) is 10.8 Å². The third kappa shape index (κ3) is 2.78. The molecule has 0 aliphatic heterocycles. The summed E-state index contributed by atoms with van der Waals surface area (Å²) >= 11 is 4.99. The van der Waals surface area contributed by atoms with Gasteiger partial charge in [-0.05, 0) is 47.3 Å². The first-order valence-electron chi connectivity index (χ1n) is 6.17. The lowest BCUT2D eigenvalue weighted by atomic mass is 9.74. The van der Waals surface area contributed by atoms with Gasteiger partial charge in [0.05, 0.1) is 15.8 Å². The van der Waals surface area contributed by atoms with Crippen LogP contribution >= 0.6 is 27.3 Å². The molecule has 5 heteroatoms. The molecule has 1 saturated carbocycles. The number of rotatable bonds is 3. The van der Waals surface area contributed by atoms with Gasteiger partial charge in [-0.1, -0.05) is 12.8 Å². The average Bonchev–Trinajstić information content (AvgIpc) is 2.67. The Balaban J connectivity index is 2.23. The maximum atomic E-state index is 11.3. The van der Waals surface area contributed by atoms with Gasteiger partial charge >= 0.3 is 5.97 Å². The van der Waals surface area contributed by atoms with Crippen molar-refractivity contribution in [1.29, 1.82) is 0 Å². The third-order valence-electron chi connectivity index (χ3n) is 3.79. The number of hydrogen-bond donors (Lipinski definition) is 2. The molecule has 3 unspecified atom stereocenters. The SMILES string of the molecule is Cc1sc(Br)cc1C(O)C1CCCCC1C(=O)O. The molecule has 0 saturated heterocycles. The normalized spacial score (nSPS) is 25.9. The Hall–Kier alpha value is -0.390. The van der Waals surface area contributed by atoms with E-state index in [0.29, 0.717) is 6.42 Å². The van der Waals surface area contributed by atoms with Crippen molar-refractivity contribution < 1.29 is 15.0 Å². The van der Waals surface area contributed by atoms with Crippen LogP contribution in [0.25, 0.3) is 0 Å². The molecule has 3 nitrogen and oxygen atoms in total. The summed E-state index contributed by atoms with van der Waals surface area (Å²) in [5.74, 6) is -1.34. The van der Waals surface area contributed by atoms with E-state index in [9.17, 15) is 15.0 Å². The number of aliphatic carboxylic acids is 1. The topological polar surface area (TPSA) is 57.5 Å². The molecule has 3 atom stereocenters. The molecule has 0 amide bonds. The molecule has 1 aromatic heterocycles. The first kappa shape index (κ1) is 14.0. The maximum absolute atomic E-state index is 11.3. The summed E-state index contributed by atoms with van der Waals surface area (Å²) in [5.41, 5.74) is 0.880. The molecular formula is C13H17BrO3S. The number of aliphatic hydroxyl groups excluding tert-OH is 1. The Labute approximate surface area is 119 Å². The van der Waals surface area contributed by atoms with Crippen LogP contribution in [0.4, 0.5) is 0 Å². The van der Waals surface area contributed by atoms with Gasteiger partial charge in [-0.15, -0.1) is 11.3 Å². The van der Waals surface area contributed by atoms with Gasteiger partial charge in [-0.3, -0.25) is 4.79 Å². The number of carboxylic acid groups (broad SMARTS) is 1. The van der Waals surface area contributed by atoms with Crippen LogP contribution in [0.1, 0.15) is 42.2 Å². The number of carboxylic acids is 1. The predicted molar refractivity (Wildman–Crippen MR) is 74.8 cm³/mol. The maximum Gasteiger partial charge on any atom is 0.306 e. The standard InChI is InChI=1S/C13H17BrO3S/c1-7-10(6-11(14)18-7)12(15)8-4-2-3-5-9(8)13(16)17/h6,8-9,12,15H,2-5H2,1H3,(H,16,17). The van der Waals surface area contributed by atoms with Gasteiger partial charge in [0.25, 0.3) is 0 Å². The summed E-state index contributed by atoms with van der Waals surface area (Å²) in [7, 11) is 0. The molecule has 1 aliphatic carbocycles. The second kappa shape index (κ2) is 5.72. The molecular weight excluding hydrogens is 316 g/mol. The predicted octanol–water partition coefficient (Wildman–Crippen LogP) is 3.74. The number of hydrogen-bond acceptors (Lipinski definition) is 3. The van der Waals surface area contributed by atoms with Crippen LogP contribution in [-0.2, 0) is 4.79 Å². The summed E-state index contributed by atoms with van der Waals surface area (Å²) < 4.78 is 0.983. The number of carbonyl (C=O) groups is 1. The Kier molecular flexibility index (Phi) is 4.45. The lowest BCUT2D eigenvalue weighted by molar-refractivity contribution is -0.147. The van der Waals surface area contributed by atoms with Crippen molar-refractivity contribution in [3.05, 3.63) is 20.3 Å². The Morgan fingerprint density at radius 3 is 2.72 bits per heavy atom. The lowest BCUT2D eigenvalue weighted by Crippen LogP contribution is -2.31. The fraction of sp³-hybridized carbons (Fsp3) is 0.615. The zero-order valence-electron chi connectivity index (χ0n) is 10.2. The Morgan fingerprint density at radius 2 is 2.17 bits per heavy atom. The summed E-state index contributed by atoms with van der Waals surface area (Å²) in [5, 5.41) is 19.7. The van der Waals surface area contributed by atoms with Crippen LogP contribution < -0.4 is 0 Å². The van der Waals surface area contributed by atoms with Crippen molar-refractivity contribution in [3.8, 4) is 0 Å². The van der Waals surface area contributed by atoms with Crippen molar-refractivity contribution >= 4 is 33.2 Å². The minimum atomic E-state index is -0.773. The summed E-state index contributed by atoms with van der Waals surface area (Å²) in [4.78, 5) is 12.3. The van der Waals surface area contributed by atoms with Crippen LogP contribution in [0.3, 0.4) is 0 Å². The van der Waals surface area contributed by atoms with Gasteiger partial charge in [0.15, 0.2) is 0 Å². The largest absolute Gasteiger partial charge is 0.481 e. The smallest absolute Gasteiger partial charge is 0.306 e. The molecule has 1 heterocycles. The zero-order valence-corrected chi connectivity index (χ0v) is 12.6. The van der Waals surface area contributed by atoms with E-state index in [0.717, 1.165) is 33.5 Å². The zero-order chi connectivity index (χ0) is 13.3. The van der Waals surface area contributed by atoms with E-state index in [-0.39, 0.29) is 5.92 Å². The molecule has 18 heavy (non-hydrogen) atoms. The van der Waals surface area contributed by atoms with Gasteiger partial charge in [-0.25, -0.2) is 0 Å². The average molecular weight is 333 g/mol. The molecule has 2 rings (SSSR count). The van der Waals surface area contributed by atoms with Gasteiger partial charge in [-0.2, -0.15) is 0 Å². The summed E-state index contributed by atoms with van der Waals surface area (Å²) in [6, 6.07) is 1.91. The number of aliphatic hydroxyl groups is 1. The molecule has 1 aliphatic rings. The van der Waals surface area contributed by atoms with Gasteiger partial charge < -0.3 is 10.2 Å². The quantitative estimate of drug-likeness (QED) is 0.886. The van der Waals surface area contributed by atoms with Crippen molar-refractivity contribution in [2.75, 3.05) is 0 Å². The molecule has 2 N–H and O–H groups in total. The third-order valence-corrected chi connectivity index (χ3v) is 5.36. The van der Waals surface area contributed by atoms with E-state index in [1.165, 1.54) is 0 Å². The van der Waals surface area contributed by atoms with Crippen LogP contribution in [0.15, 0.2) is 9.85 Å². The number of aryl methyl sites for hydroxylation is 1. The van der Waals surface area contributed by atoms with Crippen LogP contribution in [0, 0.1) is 18.8 Å². The second-order valence-corrected chi connectivity index (χ2v) is 7.54. The van der Waals surface area contributed by atoms with E-state index in [4.69, 9.17) is 0 Å². The van der Waals surface area contributed by atoms with E-state index in [1.807, 2.05) is 13.0 Å². The highest BCUT2D eigenvalue weighted by Gasteiger charge is 2.36. The van der Waals surface area contributed by atoms with Crippen LogP contribution in [0.5, 0.6) is 0 Å². The fourth-order valence-electron chi connectivity index (χ4n) is 2.83. The van der Waals surface area contributed by atoms with Crippen LogP contribution in [0.2, 0.25) is 0 Å². The van der Waals surface area contributed by atoms with Gasteiger partial charge in [0.2, 0.25) is 0 Å². The molecule has 1 fully saturated rings. The first-order valence-corrected chi connectivity index (χ1v) is 7.78. The molecule has 0 bridgehead atoms. The first-order chi connectivity index (χ1) is 8.50. The summed E-state index contributed by atoms with van der Waals surface area (Å²) in [6.45, 7) is 1.96. The molecule has 0 aromatic carbocycles. The highest BCUT2D eigenvalue weighted by molar-refractivity contribution is 9.11. The Bertz CT molecular complexity index is 443. The van der Waals surface area contributed by atoms with E-state index in [2.05, 4.69) is 15.9 Å². The highest BCUT2D eigenvalue weighted by Crippen LogP contribution is 2.42. The highest BCUT2D eigenvalue weighted by atomic mass is 79.9. The molecule has 0 spiro atoms. The molecule has 100 valence electrons. The van der Waals surface area contributed by atoms with Crippen LogP contribution in [-0.4, -0.2) is 16.2 Å². The second-order valence-electron chi connectivity index (χ2n) is 4.90. The summed E-state index contributed by atoms with van der Waals surface area (Å²) in [6.07, 6.45) is 2.78. The monoisotopic (exact) mass is 332 g/mol. The van der Waals surface area contributed by atoms with Crippen molar-refractivity contribution in [1.82, 2.24) is 0 Å². The fourth-order valence-corrected chi connectivity index (χ4v) is 4.58. The van der Waals surface area contributed by atoms with E-state index >= 15 is 0 Å². The van der Waals surface area contributed by atoms with Crippen molar-refractivity contribution in [2.24, 2.45) is 11.8 Å². The number of halogens is 1.